The molecule has 2 saturated heterocycles. The molecule has 2 aliphatic heterocycles. The third kappa shape index (κ3) is 6.23. The van der Waals surface area contributed by atoms with E-state index in [-0.39, 0.29) is 5.91 Å². The van der Waals surface area contributed by atoms with E-state index in [1.165, 1.54) is 7.05 Å². The summed E-state index contributed by atoms with van der Waals surface area (Å²) in [5, 5.41) is 74.1. The van der Waals surface area contributed by atoms with Crippen LogP contribution in [-0.2, 0) is 14.2 Å². The van der Waals surface area contributed by atoms with Crippen LogP contribution in [0.1, 0.15) is 22.0 Å². The first-order valence-electron chi connectivity index (χ1n) is 12.4. The number of benzene rings is 2. The van der Waals surface area contributed by atoms with Crippen molar-refractivity contribution in [1.82, 2.24) is 5.32 Å². The number of amides is 1. The Hall–Kier alpha value is -2.69. The Balaban J connectivity index is 1.55. The van der Waals surface area contributed by atoms with Gasteiger partial charge in [-0.2, -0.15) is 0 Å². The highest BCUT2D eigenvalue weighted by molar-refractivity contribution is 5.94. The molecule has 2 aliphatic rings. The van der Waals surface area contributed by atoms with Crippen LogP contribution in [0.5, 0.6) is 11.5 Å². The fourth-order valence-corrected chi connectivity index (χ4v) is 4.59. The van der Waals surface area contributed by atoms with E-state index >= 15 is 0 Å². The number of aliphatic hydroxyl groups is 7. The Morgan fingerprint density at radius 1 is 0.821 bits per heavy atom. The summed E-state index contributed by atoms with van der Waals surface area (Å²) >= 11 is 0. The zero-order valence-corrected chi connectivity index (χ0v) is 21.0. The van der Waals surface area contributed by atoms with Crippen LogP contribution in [0.2, 0.25) is 0 Å². The fourth-order valence-electron chi connectivity index (χ4n) is 4.59. The molecule has 10 atom stereocenters. The smallest absolute Gasteiger partial charge is 0.251 e. The van der Waals surface area contributed by atoms with Gasteiger partial charge in [0.15, 0.2) is 6.29 Å². The molecule has 13 nitrogen and oxygen atoms in total. The van der Waals surface area contributed by atoms with Gasteiger partial charge >= 0.3 is 0 Å². The average Bonchev–Trinajstić information content (AvgIpc) is 2.95. The van der Waals surface area contributed by atoms with Gasteiger partial charge in [-0.3, -0.25) is 4.79 Å². The van der Waals surface area contributed by atoms with Gasteiger partial charge in [-0.15, -0.1) is 0 Å². The maximum absolute atomic E-state index is 11.9. The van der Waals surface area contributed by atoms with Gasteiger partial charge < -0.3 is 60.0 Å². The van der Waals surface area contributed by atoms with Crippen LogP contribution in [0.4, 0.5) is 0 Å². The lowest BCUT2D eigenvalue weighted by Gasteiger charge is -2.46. The minimum Gasteiger partial charge on any atom is -0.457 e. The number of nitrogens with one attached hydrogen (secondary N) is 1. The quantitative estimate of drug-likeness (QED) is 0.182. The summed E-state index contributed by atoms with van der Waals surface area (Å²) in [5.74, 6) is 0.438. The van der Waals surface area contributed by atoms with Crippen molar-refractivity contribution in [3.05, 3.63) is 59.7 Å². The molecule has 2 heterocycles. The first-order chi connectivity index (χ1) is 18.7. The fraction of sp³-hybridized carbons (Fsp3) is 0.500. The summed E-state index contributed by atoms with van der Waals surface area (Å²) < 4.78 is 22.7. The summed E-state index contributed by atoms with van der Waals surface area (Å²) in [6.07, 6.45) is -14.9. The predicted molar refractivity (Wildman–Crippen MR) is 132 cm³/mol. The first kappa shape index (κ1) is 29.3. The zero-order valence-electron chi connectivity index (χ0n) is 21.0. The van der Waals surface area contributed by atoms with Gasteiger partial charge in [0, 0.05) is 12.6 Å². The van der Waals surface area contributed by atoms with E-state index in [1.807, 2.05) is 0 Å². The van der Waals surface area contributed by atoms with Crippen LogP contribution < -0.4 is 10.1 Å². The molecule has 0 aromatic heterocycles. The van der Waals surface area contributed by atoms with E-state index < -0.39 is 74.4 Å². The molecule has 0 aliphatic carbocycles. The van der Waals surface area contributed by atoms with Crippen molar-refractivity contribution in [2.45, 2.75) is 61.2 Å². The standard InChI is InChI=1S/C26H33NO12/c1-27-25(35)13-5-3-7-15(9-13)36-14-6-2-4-12(8-14)23-22(34)24(19(31)17(11-29)37-23)39-26-21(33)20(32)18(30)16(10-28)38-26/h2-9,16-24,26,28-34H,10-11H2,1H3,(H,27,35)/t16-,17-,18-,19-,20+,21+,22-,23-,24+,26-/m1/s1. The van der Waals surface area contributed by atoms with Crippen molar-refractivity contribution in [2.75, 3.05) is 20.3 Å². The van der Waals surface area contributed by atoms with Gasteiger partial charge in [0.1, 0.15) is 66.4 Å². The molecule has 0 bridgehead atoms. The second-order valence-corrected chi connectivity index (χ2v) is 9.34. The summed E-state index contributed by atoms with van der Waals surface area (Å²) in [6, 6.07) is 13.0. The zero-order chi connectivity index (χ0) is 28.3. The van der Waals surface area contributed by atoms with Gasteiger partial charge in [-0.1, -0.05) is 18.2 Å². The Bertz CT molecular complexity index is 1120. The number of carbonyl (C=O) groups is 1. The van der Waals surface area contributed by atoms with Crippen LogP contribution in [0.3, 0.4) is 0 Å². The van der Waals surface area contributed by atoms with Gasteiger partial charge in [0.05, 0.1) is 13.2 Å². The van der Waals surface area contributed by atoms with Crippen LogP contribution in [-0.4, -0.2) is 117 Å². The molecule has 8 N–H and O–H groups in total. The van der Waals surface area contributed by atoms with Crippen LogP contribution in [0.25, 0.3) is 0 Å². The summed E-state index contributed by atoms with van der Waals surface area (Å²) in [5.41, 5.74) is 0.792. The predicted octanol–water partition coefficient (Wildman–Crippen LogP) is -1.82. The lowest BCUT2D eigenvalue weighted by molar-refractivity contribution is -0.342. The van der Waals surface area contributed by atoms with E-state index in [1.54, 1.807) is 48.5 Å². The normalized spacial score (nSPS) is 34.9. The number of ether oxygens (including phenoxy) is 4. The Morgan fingerprint density at radius 3 is 2.13 bits per heavy atom. The van der Waals surface area contributed by atoms with Crippen LogP contribution >= 0.6 is 0 Å². The maximum atomic E-state index is 11.9. The van der Waals surface area contributed by atoms with Crippen molar-refractivity contribution in [1.29, 1.82) is 0 Å². The second kappa shape index (κ2) is 12.7. The lowest BCUT2D eigenvalue weighted by Crippen LogP contribution is -2.63. The van der Waals surface area contributed by atoms with E-state index in [9.17, 15) is 40.5 Å². The van der Waals surface area contributed by atoms with Crippen molar-refractivity contribution >= 4 is 5.91 Å². The maximum Gasteiger partial charge on any atom is 0.251 e. The minimum absolute atomic E-state index is 0.285. The Labute approximate surface area is 223 Å². The van der Waals surface area contributed by atoms with Crippen molar-refractivity contribution in [3.8, 4) is 11.5 Å². The third-order valence-electron chi connectivity index (χ3n) is 6.75. The third-order valence-corrected chi connectivity index (χ3v) is 6.75. The average molecular weight is 552 g/mol. The number of hydrogen-bond donors (Lipinski definition) is 8. The topological polar surface area (TPSA) is 208 Å². The van der Waals surface area contributed by atoms with Gasteiger partial charge in [0.2, 0.25) is 0 Å². The molecule has 2 fully saturated rings. The minimum atomic E-state index is -1.77. The van der Waals surface area contributed by atoms with E-state index in [0.717, 1.165) is 0 Å². The monoisotopic (exact) mass is 551 g/mol. The summed E-state index contributed by atoms with van der Waals surface area (Å²) in [4.78, 5) is 11.9. The Morgan fingerprint density at radius 2 is 1.46 bits per heavy atom. The van der Waals surface area contributed by atoms with Crippen molar-refractivity contribution < 1.29 is 59.5 Å². The van der Waals surface area contributed by atoms with E-state index in [4.69, 9.17) is 18.9 Å². The largest absolute Gasteiger partial charge is 0.457 e. The molecule has 2 aromatic carbocycles. The number of rotatable bonds is 8. The second-order valence-electron chi connectivity index (χ2n) is 9.34. The van der Waals surface area contributed by atoms with E-state index in [2.05, 4.69) is 5.32 Å². The van der Waals surface area contributed by atoms with Gasteiger partial charge in [-0.05, 0) is 35.9 Å². The molecule has 0 saturated carbocycles. The van der Waals surface area contributed by atoms with Gasteiger partial charge in [-0.25, -0.2) is 0 Å². The van der Waals surface area contributed by atoms with Crippen LogP contribution in [0, 0.1) is 0 Å². The number of aliphatic hydroxyl groups excluding tert-OH is 7. The molecule has 4 rings (SSSR count). The molecule has 0 unspecified atom stereocenters. The van der Waals surface area contributed by atoms with E-state index in [0.29, 0.717) is 22.6 Å². The van der Waals surface area contributed by atoms with Crippen molar-refractivity contribution in [3.63, 3.8) is 0 Å². The number of carbonyl (C=O) groups excluding carboxylic acids is 1. The molecule has 2 aromatic rings. The highest BCUT2D eigenvalue weighted by atomic mass is 16.7. The molecule has 39 heavy (non-hydrogen) atoms. The summed E-state index contributed by atoms with van der Waals surface area (Å²) in [7, 11) is 1.51. The molecule has 13 heteroatoms. The molecule has 214 valence electrons. The molecular formula is C26H33NO12. The SMILES string of the molecule is CNC(=O)c1cccc(Oc2cccc([C@H]3O[C@H](CO)[C@@H](O)[C@H](O[C@H]4O[C@H](CO)[C@@H](O)[C@H](O)[C@@H]4O)[C@@H]3O)c2)c1. The van der Waals surface area contributed by atoms with Crippen molar-refractivity contribution in [2.24, 2.45) is 0 Å². The highest BCUT2D eigenvalue weighted by Crippen LogP contribution is 2.37. The molecular weight excluding hydrogens is 518 g/mol. The van der Waals surface area contributed by atoms with Crippen LogP contribution in [0.15, 0.2) is 48.5 Å². The number of hydrogen-bond acceptors (Lipinski definition) is 12. The Kier molecular flexibility index (Phi) is 9.51. The van der Waals surface area contributed by atoms with Gasteiger partial charge in [0.25, 0.3) is 5.91 Å². The lowest BCUT2D eigenvalue weighted by atomic mass is 9.90. The molecule has 0 radical (unpaired) electrons. The summed E-state index contributed by atoms with van der Waals surface area (Å²) in [6.45, 7) is -1.33. The molecule has 0 spiro atoms. The first-order valence-corrected chi connectivity index (χ1v) is 12.4. The highest BCUT2D eigenvalue weighted by Gasteiger charge is 2.50. The molecule has 1 amide bonds.